The Labute approximate surface area is 154 Å². The molecule has 2 rings (SSSR count). The molecule has 0 unspecified atom stereocenters. The highest BCUT2D eigenvalue weighted by Gasteiger charge is 2.11. The molecular weight excluding hydrogens is 352 g/mol. The molecule has 0 aliphatic carbocycles. The topological polar surface area (TPSA) is 134 Å². The van der Waals surface area contributed by atoms with Gasteiger partial charge >= 0.3 is 5.97 Å². The number of ether oxygens (including phenoxy) is 1. The average molecular weight is 366 g/mol. The van der Waals surface area contributed by atoms with E-state index in [-0.39, 0.29) is 11.3 Å². The summed E-state index contributed by atoms with van der Waals surface area (Å²) in [4.78, 5) is 33.7. The van der Waals surface area contributed by atoms with Crippen LogP contribution >= 0.6 is 0 Å². The number of hydrogen-bond acceptors (Lipinski definition) is 7. The molecule has 2 aromatic rings. The number of nitrogens with zero attached hydrogens (tertiary/aromatic N) is 2. The van der Waals surface area contributed by atoms with Gasteiger partial charge in [-0.15, -0.1) is 0 Å². The molecule has 0 spiro atoms. The van der Waals surface area contributed by atoms with Crippen molar-refractivity contribution in [2.75, 3.05) is 17.7 Å². The maximum atomic E-state index is 12.2. The lowest BCUT2D eigenvalue weighted by Crippen LogP contribution is -2.14. The summed E-state index contributed by atoms with van der Waals surface area (Å²) in [5.41, 5.74) is 0.756. The molecule has 1 amide bonds. The van der Waals surface area contributed by atoms with Crippen molar-refractivity contribution in [3.8, 4) is 6.07 Å². The molecule has 2 aromatic carbocycles. The Morgan fingerprint density at radius 2 is 1.89 bits per heavy atom. The Hall–Kier alpha value is -4.19. The van der Waals surface area contributed by atoms with Crippen LogP contribution < -0.4 is 10.6 Å². The first-order valence-electron chi connectivity index (χ1n) is 7.55. The summed E-state index contributed by atoms with van der Waals surface area (Å²) in [5, 5.41) is 25.0. The van der Waals surface area contributed by atoms with Crippen LogP contribution in [0.3, 0.4) is 0 Å². The number of nitro benzene ring substituents is 1. The van der Waals surface area contributed by atoms with Gasteiger partial charge in [0.05, 0.1) is 17.6 Å². The minimum Gasteiger partial charge on any atom is -0.465 e. The molecule has 0 heterocycles. The summed E-state index contributed by atoms with van der Waals surface area (Å²) in [6.07, 6.45) is 1.19. The van der Waals surface area contributed by atoms with Crippen LogP contribution in [0.4, 0.5) is 17.1 Å². The second kappa shape index (κ2) is 8.77. The lowest BCUT2D eigenvalue weighted by molar-refractivity contribution is -0.384. The van der Waals surface area contributed by atoms with Crippen molar-refractivity contribution >= 4 is 28.9 Å². The lowest BCUT2D eigenvalue weighted by Gasteiger charge is -2.06. The minimum absolute atomic E-state index is 0.115. The first-order chi connectivity index (χ1) is 12.9. The van der Waals surface area contributed by atoms with E-state index in [0.29, 0.717) is 16.9 Å². The Morgan fingerprint density at radius 3 is 2.48 bits per heavy atom. The summed E-state index contributed by atoms with van der Waals surface area (Å²) in [6, 6.07) is 13.3. The third-order valence-corrected chi connectivity index (χ3v) is 3.37. The van der Waals surface area contributed by atoms with E-state index in [1.54, 1.807) is 24.3 Å². The molecule has 0 bridgehead atoms. The third kappa shape index (κ3) is 5.14. The van der Waals surface area contributed by atoms with Crippen LogP contribution in [-0.2, 0) is 9.53 Å². The number of nitro groups is 1. The smallest absolute Gasteiger partial charge is 0.337 e. The van der Waals surface area contributed by atoms with Gasteiger partial charge in [0.1, 0.15) is 11.6 Å². The number of nitriles is 1. The molecule has 136 valence electrons. The van der Waals surface area contributed by atoms with Gasteiger partial charge in [-0.1, -0.05) is 6.07 Å². The third-order valence-electron chi connectivity index (χ3n) is 3.37. The number of methoxy groups -OCH3 is 1. The van der Waals surface area contributed by atoms with Gasteiger partial charge in [-0.2, -0.15) is 5.26 Å². The molecule has 27 heavy (non-hydrogen) atoms. The van der Waals surface area contributed by atoms with Gasteiger partial charge in [-0.05, 0) is 30.3 Å². The molecule has 0 saturated heterocycles. The van der Waals surface area contributed by atoms with E-state index in [4.69, 9.17) is 5.26 Å². The average Bonchev–Trinajstić information content (AvgIpc) is 2.68. The molecule has 0 fully saturated rings. The van der Waals surface area contributed by atoms with Gasteiger partial charge in [0.15, 0.2) is 0 Å². The van der Waals surface area contributed by atoms with Crippen LogP contribution in [0.25, 0.3) is 0 Å². The van der Waals surface area contributed by atoms with Gasteiger partial charge in [0, 0.05) is 29.7 Å². The van der Waals surface area contributed by atoms with E-state index in [0.717, 1.165) is 0 Å². The molecule has 0 saturated carbocycles. The van der Waals surface area contributed by atoms with Crippen molar-refractivity contribution < 1.29 is 19.2 Å². The fourth-order valence-corrected chi connectivity index (χ4v) is 2.02. The predicted molar refractivity (Wildman–Crippen MR) is 96.8 cm³/mol. The second-order valence-electron chi connectivity index (χ2n) is 5.14. The predicted octanol–water partition coefficient (Wildman–Crippen LogP) is 2.84. The summed E-state index contributed by atoms with van der Waals surface area (Å²) < 4.78 is 4.63. The van der Waals surface area contributed by atoms with E-state index < -0.39 is 16.8 Å². The standard InChI is InChI=1S/C18H14N4O5/c1-27-18(24)12-3-2-4-15(9-12)20-11-13(10-19)17(23)21-14-5-7-16(8-6-14)22(25)26/h2-9,11,20H,1H3,(H,21,23)/b13-11-. The van der Waals surface area contributed by atoms with E-state index in [1.807, 2.05) is 0 Å². The Morgan fingerprint density at radius 1 is 1.19 bits per heavy atom. The summed E-state index contributed by atoms with van der Waals surface area (Å²) >= 11 is 0. The molecule has 0 radical (unpaired) electrons. The van der Waals surface area contributed by atoms with Gasteiger partial charge in [0.2, 0.25) is 0 Å². The van der Waals surface area contributed by atoms with Gasteiger partial charge < -0.3 is 15.4 Å². The fraction of sp³-hybridized carbons (Fsp3) is 0.0556. The van der Waals surface area contributed by atoms with Gasteiger partial charge in [-0.3, -0.25) is 14.9 Å². The number of carbonyl (C=O) groups is 2. The normalized spacial score (nSPS) is 10.4. The highest BCUT2D eigenvalue weighted by atomic mass is 16.6. The zero-order valence-electron chi connectivity index (χ0n) is 14.1. The van der Waals surface area contributed by atoms with Crippen LogP contribution in [0.15, 0.2) is 60.3 Å². The Kier molecular flexibility index (Phi) is 6.22. The maximum Gasteiger partial charge on any atom is 0.337 e. The summed E-state index contributed by atoms with van der Waals surface area (Å²) in [7, 11) is 1.26. The summed E-state index contributed by atoms with van der Waals surface area (Å²) in [6.45, 7) is 0. The SMILES string of the molecule is COC(=O)c1cccc(N/C=C(/C#N)C(=O)Nc2ccc([N+](=O)[O-])cc2)c1. The largest absolute Gasteiger partial charge is 0.465 e. The van der Waals surface area contributed by atoms with Gasteiger partial charge in [0.25, 0.3) is 11.6 Å². The zero-order valence-corrected chi connectivity index (χ0v) is 14.1. The number of anilines is 2. The number of hydrogen-bond donors (Lipinski definition) is 2. The van der Waals surface area contributed by atoms with Crippen LogP contribution in [-0.4, -0.2) is 23.9 Å². The van der Waals surface area contributed by atoms with Crippen LogP contribution in [0.2, 0.25) is 0 Å². The van der Waals surface area contributed by atoms with Crippen LogP contribution in [0.1, 0.15) is 10.4 Å². The number of nitrogens with one attached hydrogen (secondary N) is 2. The number of rotatable bonds is 6. The monoisotopic (exact) mass is 366 g/mol. The lowest BCUT2D eigenvalue weighted by atomic mass is 10.2. The molecule has 9 nitrogen and oxygen atoms in total. The molecule has 0 atom stereocenters. The van der Waals surface area contributed by atoms with E-state index in [2.05, 4.69) is 15.4 Å². The molecular formula is C18H14N4O5. The number of carbonyl (C=O) groups excluding carboxylic acids is 2. The minimum atomic E-state index is -0.692. The summed E-state index contributed by atoms with van der Waals surface area (Å²) in [5.74, 6) is -1.21. The second-order valence-corrected chi connectivity index (χ2v) is 5.14. The number of amides is 1. The van der Waals surface area contributed by atoms with E-state index >= 15 is 0 Å². The number of esters is 1. The van der Waals surface area contributed by atoms with Crippen molar-refractivity contribution in [3.05, 3.63) is 76.0 Å². The Balaban J connectivity index is 2.09. The van der Waals surface area contributed by atoms with Crippen molar-refractivity contribution in [1.29, 1.82) is 5.26 Å². The number of non-ortho nitro benzene ring substituents is 1. The van der Waals surface area contributed by atoms with Crippen LogP contribution in [0, 0.1) is 21.4 Å². The van der Waals surface area contributed by atoms with Gasteiger partial charge in [-0.25, -0.2) is 4.79 Å². The Bertz CT molecular complexity index is 945. The zero-order chi connectivity index (χ0) is 19.8. The van der Waals surface area contributed by atoms with Crippen molar-refractivity contribution in [2.24, 2.45) is 0 Å². The first kappa shape index (κ1) is 19.1. The molecule has 9 heteroatoms. The molecule has 2 N–H and O–H groups in total. The highest BCUT2D eigenvalue weighted by Crippen LogP contribution is 2.16. The maximum absolute atomic E-state index is 12.2. The first-order valence-corrected chi connectivity index (χ1v) is 7.55. The molecule has 0 aliphatic rings. The van der Waals surface area contributed by atoms with Crippen molar-refractivity contribution in [2.45, 2.75) is 0 Å². The van der Waals surface area contributed by atoms with Crippen molar-refractivity contribution in [1.82, 2.24) is 0 Å². The molecule has 0 aromatic heterocycles. The number of benzene rings is 2. The fourth-order valence-electron chi connectivity index (χ4n) is 2.02. The highest BCUT2D eigenvalue weighted by molar-refractivity contribution is 6.06. The van der Waals surface area contributed by atoms with E-state index in [1.165, 1.54) is 43.6 Å². The van der Waals surface area contributed by atoms with Crippen molar-refractivity contribution in [3.63, 3.8) is 0 Å². The van der Waals surface area contributed by atoms with E-state index in [9.17, 15) is 19.7 Å². The quantitative estimate of drug-likeness (QED) is 0.264. The van der Waals surface area contributed by atoms with Crippen LogP contribution in [0.5, 0.6) is 0 Å². The molecule has 0 aliphatic heterocycles.